The zero-order valence-corrected chi connectivity index (χ0v) is 12.6. The molecule has 3 nitrogen and oxygen atoms in total. The molecular weight excluding hydrogens is 258 g/mol. The molecule has 0 saturated carbocycles. The van der Waals surface area contributed by atoms with E-state index in [1.54, 1.807) is 0 Å². The number of benzene rings is 2. The van der Waals surface area contributed by atoms with Crippen molar-refractivity contribution < 1.29 is 0 Å². The van der Waals surface area contributed by atoms with E-state index in [0.717, 1.165) is 31.0 Å². The van der Waals surface area contributed by atoms with E-state index >= 15 is 0 Å². The average molecular weight is 279 g/mol. The molecule has 1 aromatic heterocycles. The van der Waals surface area contributed by atoms with Crippen LogP contribution in [-0.4, -0.2) is 9.55 Å². The zero-order chi connectivity index (χ0) is 14.7. The van der Waals surface area contributed by atoms with Gasteiger partial charge < -0.3 is 9.88 Å². The molecule has 0 aliphatic rings. The lowest BCUT2D eigenvalue weighted by Crippen LogP contribution is -2.08. The van der Waals surface area contributed by atoms with E-state index in [0.29, 0.717) is 0 Å². The first kappa shape index (κ1) is 13.7. The molecule has 3 aromatic rings. The molecule has 21 heavy (non-hydrogen) atoms. The molecule has 0 spiro atoms. The van der Waals surface area contributed by atoms with E-state index in [4.69, 9.17) is 4.98 Å². The summed E-state index contributed by atoms with van der Waals surface area (Å²) in [5.41, 5.74) is 4.88. The molecule has 0 saturated heterocycles. The van der Waals surface area contributed by atoms with E-state index in [9.17, 15) is 0 Å². The number of nitrogens with one attached hydrogen (secondary N) is 1. The van der Waals surface area contributed by atoms with E-state index in [-0.39, 0.29) is 0 Å². The summed E-state index contributed by atoms with van der Waals surface area (Å²) in [6.07, 6.45) is 1.10. The second-order valence-corrected chi connectivity index (χ2v) is 5.36. The molecule has 108 valence electrons. The summed E-state index contributed by atoms with van der Waals surface area (Å²) in [4.78, 5) is 4.73. The van der Waals surface area contributed by atoms with Crippen molar-refractivity contribution >= 4 is 17.0 Å². The van der Waals surface area contributed by atoms with Gasteiger partial charge in [0.05, 0.1) is 11.0 Å². The predicted octanol–water partition coefficient (Wildman–Crippen LogP) is 4.37. The summed E-state index contributed by atoms with van der Waals surface area (Å²) in [5, 5.41) is 3.50. The minimum Gasteiger partial charge on any atom is -0.352 e. The lowest BCUT2D eigenvalue weighted by Gasteiger charge is -2.11. The van der Waals surface area contributed by atoms with Gasteiger partial charge in [-0.25, -0.2) is 4.98 Å². The number of nitrogens with zero attached hydrogens (tertiary/aromatic N) is 2. The molecule has 1 heterocycles. The van der Waals surface area contributed by atoms with Crippen LogP contribution in [0.3, 0.4) is 0 Å². The van der Waals surface area contributed by atoms with Gasteiger partial charge in [0.1, 0.15) is 0 Å². The molecule has 0 atom stereocenters. The van der Waals surface area contributed by atoms with E-state index in [1.165, 1.54) is 16.6 Å². The third kappa shape index (κ3) is 2.77. The molecule has 0 amide bonds. The lowest BCUT2D eigenvalue weighted by molar-refractivity contribution is 0.700. The molecule has 3 rings (SSSR count). The Balaban J connectivity index is 1.89. The first-order valence-electron chi connectivity index (χ1n) is 7.53. The van der Waals surface area contributed by atoms with Gasteiger partial charge in [-0.05, 0) is 36.6 Å². The summed E-state index contributed by atoms with van der Waals surface area (Å²) in [7, 11) is 0. The number of rotatable bonds is 5. The third-order valence-electron chi connectivity index (χ3n) is 3.80. The topological polar surface area (TPSA) is 29.9 Å². The Hall–Kier alpha value is -2.29. The number of aryl methyl sites for hydroxylation is 2. The third-order valence-corrected chi connectivity index (χ3v) is 3.80. The normalized spacial score (nSPS) is 11.0. The van der Waals surface area contributed by atoms with Crippen molar-refractivity contribution in [2.24, 2.45) is 0 Å². The van der Waals surface area contributed by atoms with Crippen molar-refractivity contribution in [3.63, 3.8) is 0 Å². The van der Waals surface area contributed by atoms with Gasteiger partial charge in [0, 0.05) is 13.1 Å². The minimum atomic E-state index is 0.805. The van der Waals surface area contributed by atoms with Crippen LogP contribution in [0.15, 0.2) is 48.5 Å². The van der Waals surface area contributed by atoms with Crippen LogP contribution in [0.2, 0.25) is 0 Å². The SMILES string of the molecule is CCCn1c(NCc2ccccc2C)nc2ccccc21. The van der Waals surface area contributed by atoms with Crippen LogP contribution >= 0.6 is 0 Å². The van der Waals surface area contributed by atoms with Gasteiger partial charge in [-0.15, -0.1) is 0 Å². The molecule has 0 aliphatic heterocycles. The fraction of sp³-hybridized carbons (Fsp3) is 0.278. The highest BCUT2D eigenvalue weighted by molar-refractivity contribution is 5.78. The van der Waals surface area contributed by atoms with Crippen LogP contribution in [0.25, 0.3) is 11.0 Å². The highest BCUT2D eigenvalue weighted by Gasteiger charge is 2.09. The fourth-order valence-electron chi connectivity index (χ4n) is 2.64. The maximum atomic E-state index is 4.73. The van der Waals surface area contributed by atoms with Gasteiger partial charge >= 0.3 is 0 Å². The van der Waals surface area contributed by atoms with Crippen LogP contribution in [0.5, 0.6) is 0 Å². The highest BCUT2D eigenvalue weighted by Crippen LogP contribution is 2.21. The molecule has 3 heteroatoms. The molecule has 0 fully saturated rings. The second kappa shape index (κ2) is 6.00. The molecule has 0 unspecified atom stereocenters. The number of para-hydroxylation sites is 2. The fourth-order valence-corrected chi connectivity index (χ4v) is 2.64. The summed E-state index contributed by atoms with van der Waals surface area (Å²) in [6, 6.07) is 16.8. The van der Waals surface area contributed by atoms with E-state index in [2.05, 4.69) is 66.2 Å². The summed E-state index contributed by atoms with van der Waals surface area (Å²) in [5.74, 6) is 0.960. The van der Waals surface area contributed by atoms with Crippen molar-refractivity contribution in [2.45, 2.75) is 33.4 Å². The Morgan fingerprint density at radius 3 is 2.62 bits per heavy atom. The molecule has 0 radical (unpaired) electrons. The number of imidazole rings is 1. The zero-order valence-electron chi connectivity index (χ0n) is 12.6. The van der Waals surface area contributed by atoms with Crippen LogP contribution in [0.4, 0.5) is 5.95 Å². The predicted molar refractivity (Wildman–Crippen MR) is 88.5 cm³/mol. The monoisotopic (exact) mass is 279 g/mol. The Labute approximate surface area is 125 Å². The van der Waals surface area contributed by atoms with Crippen molar-refractivity contribution in [3.8, 4) is 0 Å². The largest absolute Gasteiger partial charge is 0.352 e. The van der Waals surface area contributed by atoms with E-state index in [1.807, 2.05) is 6.07 Å². The van der Waals surface area contributed by atoms with Crippen molar-refractivity contribution in [1.82, 2.24) is 9.55 Å². The van der Waals surface area contributed by atoms with Crippen LogP contribution < -0.4 is 5.32 Å². The van der Waals surface area contributed by atoms with Gasteiger partial charge in [-0.1, -0.05) is 43.3 Å². The maximum Gasteiger partial charge on any atom is 0.204 e. The minimum absolute atomic E-state index is 0.805. The van der Waals surface area contributed by atoms with Crippen molar-refractivity contribution in [2.75, 3.05) is 5.32 Å². The standard InChI is InChI=1S/C18H21N3/c1-3-12-21-17-11-7-6-10-16(17)20-18(21)19-13-15-9-5-4-8-14(15)2/h4-11H,3,12-13H2,1-2H3,(H,19,20). The molecular formula is C18H21N3. The Bertz CT molecular complexity index is 743. The number of anilines is 1. The Morgan fingerprint density at radius 1 is 1.05 bits per heavy atom. The first-order chi connectivity index (χ1) is 10.3. The number of hydrogen-bond acceptors (Lipinski definition) is 2. The van der Waals surface area contributed by atoms with Crippen LogP contribution in [-0.2, 0) is 13.1 Å². The van der Waals surface area contributed by atoms with Gasteiger partial charge in [-0.3, -0.25) is 0 Å². The first-order valence-corrected chi connectivity index (χ1v) is 7.53. The van der Waals surface area contributed by atoms with Crippen molar-refractivity contribution in [3.05, 3.63) is 59.7 Å². The average Bonchev–Trinajstić information content (AvgIpc) is 2.85. The highest BCUT2D eigenvalue weighted by atomic mass is 15.2. The van der Waals surface area contributed by atoms with Crippen LogP contribution in [0, 0.1) is 6.92 Å². The summed E-state index contributed by atoms with van der Waals surface area (Å²) < 4.78 is 2.27. The second-order valence-electron chi connectivity index (χ2n) is 5.36. The summed E-state index contributed by atoms with van der Waals surface area (Å²) >= 11 is 0. The quantitative estimate of drug-likeness (QED) is 0.751. The van der Waals surface area contributed by atoms with Gasteiger partial charge in [0.25, 0.3) is 0 Å². The summed E-state index contributed by atoms with van der Waals surface area (Å²) in [6.45, 7) is 6.13. The number of hydrogen-bond donors (Lipinski definition) is 1. The van der Waals surface area contributed by atoms with Gasteiger partial charge in [0.2, 0.25) is 5.95 Å². The lowest BCUT2D eigenvalue weighted by atomic mass is 10.1. The van der Waals surface area contributed by atoms with Gasteiger partial charge in [-0.2, -0.15) is 0 Å². The molecule has 0 bridgehead atoms. The Kier molecular flexibility index (Phi) is 3.91. The smallest absolute Gasteiger partial charge is 0.204 e. The van der Waals surface area contributed by atoms with Crippen molar-refractivity contribution in [1.29, 1.82) is 0 Å². The van der Waals surface area contributed by atoms with Crippen LogP contribution in [0.1, 0.15) is 24.5 Å². The molecule has 0 aliphatic carbocycles. The molecule has 2 aromatic carbocycles. The maximum absolute atomic E-state index is 4.73. The van der Waals surface area contributed by atoms with E-state index < -0.39 is 0 Å². The number of aromatic nitrogens is 2. The van der Waals surface area contributed by atoms with Gasteiger partial charge in [0.15, 0.2) is 0 Å². The number of fused-ring (bicyclic) bond motifs is 1. The molecule has 1 N–H and O–H groups in total. The Morgan fingerprint density at radius 2 is 1.81 bits per heavy atom.